The van der Waals surface area contributed by atoms with Gasteiger partial charge in [-0.05, 0) is 50.6 Å². The lowest BCUT2D eigenvalue weighted by Crippen LogP contribution is -2.22. The first-order chi connectivity index (χ1) is 13.4. The summed E-state index contributed by atoms with van der Waals surface area (Å²) >= 11 is 4.40. The Kier molecular flexibility index (Phi) is 8.01. The van der Waals surface area contributed by atoms with Crippen molar-refractivity contribution in [2.45, 2.75) is 20.8 Å². The van der Waals surface area contributed by atoms with Crippen LogP contribution in [0.5, 0.6) is 0 Å². The predicted octanol–water partition coefficient (Wildman–Crippen LogP) is 4.22. The van der Waals surface area contributed by atoms with Crippen LogP contribution in [-0.2, 0) is 14.3 Å². The van der Waals surface area contributed by atoms with Gasteiger partial charge in [0.15, 0.2) is 0 Å². The smallest absolute Gasteiger partial charge is 0.348 e. The second-order valence-electron chi connectivity index (χ2n) is 5.61. The van der Waals surface area contributed by atoms with Crippen molar-refractivity contribution < 1.29 is 23.9 Å². The second kappa shape index (κ2) is 10.2. The molecule has 0 spiro atoms. The molecule has 0 radical (unpaired) electrons. The van der Waals surface area contributed by atoms with Gasteiger partial charge in [-0.2, -0.15) is 0 Å². The first-order valence-corrected chi connectivity index (χ1v) is 10.2. The van der Waals surface area contributed by atoms with Gasteiger partial charge in [-0.25, -0.2) is 9.59 Å². The van der Waals surface area contributed by atoms with Gasteiger partial charge < -0.3 is 20.1 Å². The molecule has 0 bridgehead atoms. The molecule has 9 heteroatoms. The van der Waals surface area contributed by atoms with E-state index in [2.05, 4.69) is 26.6 Å². The quantitative estimate of drug-likeness (QED) is 0.563. The van der Waals surface area contributed by atoms with E-state index in [1.54, 1.807) is 32.9 Å². The number of hydrogen-bond donors (Lipinski definition) is 2. The molecule has 1 heterocycles. The van der Waals surface area contributed by atoms with Gasteiger partial charge in [0.1, 0.15) is 9.88 Å². The van der Waals surface area contributed by atoms with Crippen molar-refractivity contribution in [3.63, 3.8) is 0 Å². The second-order valence-corrected chi connectivity index (χ2v) is 7.55. The lowest BCUT2D eigenvalue weighted by atomic mass is 10.1. The molecule has 0 unspecified atom stereocenters. The third kappa shape index (κ3) is 5.56. The van der Waals surface area contributed by atoms with E-state index in [9.17, 15) is 14.4 Å². The Labute approximate surface area is 175 Å². The molecule has 0 aliphatic heterocycles. The number of benzene rings is 1. The summed E-state index contributed by atoms with van der Waals surface area (Å²) in [5, 5.41) is 6.08. The van der Waals surface area contributed by atoms with Crippen LogP contribution in [0, 0.1) is 6.92 Å². The zero-order valence-electron chi connectivity index (χ0n) is 15.8. The van der Waals surface area contributed by atoms with Crippen molar-refractivity contribution in [1.82, 2.24) is 0 Å². The monoisotopic (exact) mass is 468 g/mol. The van der Waals surface area contributed by atoms with Gasteiger partial charge in [0, 0.05) is 10.2 Å². The number of esters is 2. The van der Waals surface area contributed by atoms with Crippen molar-refractivity contribution in [3.05, 3.63) is 44.7 Å². The first-order valence-electron chi connectivity index (χ1n) is 8.64. The van der Waals surface area contributed by atoms with Crippen molar-refractivity contribution in [1.29, 1.82) is 0 Å². The summed E-state index contributed by atoms with van der Waals surface area (Å²) in [6.07, 6.45) is 0. The summed E-state index contributed by atoms with van der Waals surface area (Å²) in [5.74, 6) is -1.36. The van der Waals surface area contributed by atoms with E-state index in [-0.39, 0.29) is 31.2 Å². The Morgan fingerprint density at radius 1 is 1.04 bits per heavy atom. The number of ether oxygens (including phenoxy) is 2. The van der Waals surface area contributed by atoms with Crippen LogP contribution in [0.25, 0.3) is 0 Å². The van der Waals surface area contributed by atoms with Gasteiger partial charge in [-0.15, -0.1) is 11.3 Å². The maximum absolute atomic E-state index is 12.3. The highest BCUT2D eigenvalue weighted by Gasteiger charge is 2.26. The zero-order chi connectivity index (χ0) is 20.7. The minimum Gasteiger partial charge on any atom is -0.462 e. The maximum atomic E-state index is 12.3. The molecule has 1 aromatic carbocycles. The molecule has 150 valence electrons. The number of carbonyl (C=O) groups excluding carboxylic acids is 3. The topological polar surface area (TPSA) is 93.7 Å². The Balaban J connectivity index is 2.17. The summed E-state index contributed by atoms with van der Waals surface area (Å²) in [5.41, 5.74) is 1.36. The molecule has 0 aliphatic carbocycles. The lowest BCUT2D eigenvalue weighted by Gasteiger charge is -2.09. The number of nitrogens with one attached hydrogen (secondary N) is 2. The molecule has 28 heavy (non-hydrogen) atoms. The van der Waals surface area contributed by atoms with Gasteiger partial charge in [-0.3, -0.25) is 4.79 Å². The van der Waals surface area contributed by atoms with Crippen molar-refractivity contribution in [2.75, 3.05) is 30.4 Å². The molecule has 2 rings (SSSR count). The Hall–Kier alpha value is -2.39. The highest BCUT2D eigenvalue weighted by atomic mass is 79.9. The molecule has 1 amide bonds. The van der Waals surface area contributed by atoms with Crippen molar-refractivity contribution >= 4 is 55.8 Å². The maximum Gasteiger partial charge on any atom is 0.348 e. The van der Waals surface area contributed by atoms with Crippen molar-refractivity contribution in [3.8, 4) is 0 Å². The van der Waals surface area contributed by atoms with Gasteiger partial charge in [-0.1, -0.05) is 15.9 Å². The molecule has 0 saturated heterocycles. The number of anilines is 2. The van der Waals surface area contributed by atoms with Crippen LogP contribution < -0.4 is 10.6 Å². The highest BCUT2D eigenvalue weighted by molar-refractivity contribution is 9.10. The lowest BCUT2D eigenvalue weighted by molar-refractivity contribution is -0.114. The van der Waals surface area contributed by atoms with E-state index in [1.165, 1.54) is 0 Å². The van der Waals surface area contributed by atoms with E-state index in [0.717, 1.165) is 15.8 Å². The minimum atomic E-state index is -0.553. The van der Waals surface area contributed by atoms with Crippen LogP contribution >= 0.6 is 27.3 Å². The third-order valence-corrected chi connectivity index (χ3v) is 5.38. The highest BCUT2D eigenvalue weighted by Crippen LogP contribution is 2.34. The summed E-state index contributed by atoms with van der Waals surface area (Å²) in [4.78, 5) is 37.0. The molecule has 0 aliphatic rings. The van der Waals surface area contributed by atoms with Crippen LogP contribution in [0.2, 0.25) is 0 Å². The fourth-order valence-corrected chi connectivity index (χ4v) is 3.73. The molecular formula is C19H21BrN2O5S. The summed E-state index contributed by atoms with van der Waals surface area (Å²) in [7, 11) is 0. The normalized spacial score (nSPS) is 10.3. The molecule has 0 fully saturated rings. The number of rotatable bonds is 8. The van der Waals surface area contributed by atoms with Crippen LogP contribution in [0.15, 0.2) is 28.7 Å². The van der Waals surface area contributed by atoms with Gasteiger partial charge in [0.25, 0.3) is 0 Å². The number of thiophene rings is 1. The Morgan fingerprint density at radius 2 is 1.64 bits per heavy atom. The average Bonchev–Trinajstić information content (AvgIpc) is 2.99. The summed E-state index contributed by atoms with van der Waals surface area (Å²) in [6.45, 7) is 5.41. The number of carbonyl (C=O) groups is 3. The molecule has 2 N–H and O–H groups in total. The Morgan fingerprint density at radius 3 is 2.25 bits per heavy atom. The molecule has 1 aromatic heterocycles. The third-order valence-electron chi connectivity index (χ3n) is 3.62. The number of amides is 1. The van der Waals surface area contributed by atoms with E-state index in [4.69, 9.17) is 9.47 Å². The van der Waals surface area contributed by atoms with Gasteiger partial charge in [0.05, 0.1) is 25.3 Å². The molecular weight excluding hydrogens is 448 g/mol. The first kappa shape index (κ1) is 21.9. The SMILES string of the molecule is CCOC(=O)c1sc(NCC(=O)Nc2ccc(Br)cc2)c(C(=O)OCC)c1C. The van der Waals surface area contributed by atoms with Crippen LogP contribution in [0.4, 0.5) is 10.7 Å². The zero-order valence-corrected chi connectivity index (χ0v) is 18.2. The van der Waals surface area contributed by atoms with Gasteiger partial charge >= 0.3 is 11.9 Å². The summed E-state index contributed by atoms with van der Waals surface area (Å²) in [6, 6.07) is 7.16. The van der Waals surface area contributed by atoms with E-state index < -0.39 is 11.9 Å². The minimum absolute atomic E-state index is 0.0787. The molecule has 0 saturated carbocycles. The van der Waals surface area contributed by atoms with E-state index in [1.807, 2.05) is 12.1 Å². The average molecular weight is 469 g/mol. The molecule has 0 atom stereocenters. The Bertz CT molecular complexity index is 864. The number of halogens is 1. The van der Waals surface area contributed by atoms with Crippen LogP contribution in [0.3, 0.4) is 0 Å². The van der Waals surface area contributed by atoms with E-state index in [0.29, 0.717) is 21.1 Å². The molecule has 7 nitrogen and oxygen atoms in total. The van der Waals surface area contributed by atoms with E-state index >= 15 is 0 Å². The largest absolute Gasteiger partial charge is 0.462 e. The predicted molar refractivity (Wildman–Crippen MR) is 112 cm³/mol. The number of hydrogen-bond acceptors (Lipinski definition) is 7. The summed E-state index contributed by atoms with van der Waals surface area (Å²) < 4.78 is 11.0. The van der Waals surface area contributed by atoms with Crippen LogP contribution in [-0.4, -0.2) is 37.6 Å². The fourth-order valence-electron chi connectivity index (χ4n) is 2.38. The van der Waals surface area contributed by atoms with Gasteiger partial charge in [0.2, 0.25) is 5.91 Å². The fraction of sp³-hybridized carbons (Fsp3) is 0.316. The molecule has 2 aromatic rings. The van der Waals surface area contributed by atoms with Crippen molar-refractivity contribution in [2.24, 2.45) is 0 Å². The van der Waals surface area contributed by atoms with Crippen LogP contribution in [0.1, 0.15) is 39.4 Å². The standard InChI is InChI=1S/C19H21BrN2O5S/c1-4-26-18(24)15-11(3)16(19(25)27-5-2)28-17(15)21-10-14(23)22-13-8-6-12(20)7-9-13/h6-9,21H,4-5,10H2,1-3H3,(H,22,23).